The molecule has 0 aromatic heterocycles. The second-order valence-electron chi connectivity index (χ2n) is 5.68. The van der Waals surface area contributed by atoms with Gasteiger partial charge < -0.3 is 10.4 Å². The number of benzene rings is 1. The van der Waals surface area contributed by atoms with Crippen LogP contribution >= 0.6 is 0 Å². The number of amides is 1. The molecule has 0 saturated carbocycles. The number of carbonyl (C=O) groups is 1. The summed E-state index contributed by atoms with van der Waals surface area (Å²) < 4.78 is 0. The van der Waals surface area contributed by atoms with Crippen LogP contribution in [0.15, 0.2) is 30.3 Å². The minimum absolute atomic E-state index is 0.00997. The maximum absolute atomic E-state index is 11.9. The van der Waals surface area contributed by atoms with Crippen molar-refractivity contribution in [2.75, 3.05) is 20.1 Å². The van der Waals surface area contributed by atoms with E-state index in [1.54, 1.807) is 13.8 Å². The first-order valence-electron chi connectivity index (χ1n) is 6.53. The Labute approximate surface area is 115 Å². The fraction of sp³-hybridized carbons (Fsp3) is 0.533. The van der Waals surface area contributed by atoms with E-state index >= 15 is 0 Å². The molecule has 0 saturated heterocycles. The van der Waals surface area contributed by atoms with Gasteiger partial charge in [-0.1, -0.05) is 30.3 Å². The molecule has 1 aromatic rings. The van der Waals surface area contributed by atoms with Gasteiger partial charge in [-0.2, -0.15) is 0 Å². The SMILES string of the molecule is CC(NC(=O)CN(C)CC(C)(C)O)c1ccccc1. The van der Waals surface area contributed by atoms with Crippen LogP contribution in [0.25, 0.3) is 0 Å². The Morgan fingerprint density at radius 1 is 1.37 bits per heavy atom. The van der Waals surface area contributed by atoms with Gasteiger partial charge in [0, 0.05) is 6.54 Å². The third kappa shape index (κ3) is 6.36. The lowest BCUT2D eigenvalue weighted by molar-refractivity contribution is -0.123. The van der Waals surface area contributed by atoms with Gasteiger partial charge in [0.1, 0.15) is 0 Å². The molecule has 1 atom stereocenters. The molecule has 106 valence electrons. The zero-order chi connectivity index (χ0) is 14.5. The Hall–Kier alpha value is -1.39. The highest BCUT2D eigenvalue weighted by molar-refractivity contribution is 5.78. The van der Waals surface area contributed by atoms with Gasteiger partial charge >= 0.3 is 0 Å². The van der Waals surface area contributed by atoms with E-state index in [9.17, 15) is 9.90 Å². The largest absolute Gasteiger partial charge is 0.389 e. The Morgan fingerprint density at radius 3 is 2.47 bits per heavy atom. The van der Waals surface area contributed by atoms with Crippen molar-refractivity contribution in [1.29, 1.82) is 0 Å². The van der Waals surface area contributed by atoms with Gasteiger partial charge in [-0.15, -0.1) is 0 Å². The third-order valence-corrected chi connectivity index (χ3v) is 2.75. The lowest BCUT2D eigenvalue weighted by Crippen LogP contribution is -2.42. The molecule has 1 aromatic carbocycles. The van der Waals surface area contributed by atoms with Gasteiger partial charge in [0.15, 0.2) is 0 Å². The maximum Gasteiger partial charge on any atom is 0.234 e. The highest BCUT2D eigenvalue weighted by Crippen LogP contribution is 2.11. The van der Waals surface area contributed by atoms with Gasteiger partial charge in [0.2, 0.25) is 5.91 Å². The van der Waals surface area contributed by atoms with Crippen molar-refractivity contribution < 1.29 is 9.90 Å². The van der Waals surface area contributed by atoms with Crippen molar-refractivity contribution in [2.24, 2.45) is 0 Å². The van der Waals surface area contributed by atoms with Crippen LogP contribution in [0.3, 0.4) is 0 Å². The predicted molar refractivity (Wildman–Crippen MR) is 76.8 cm³/mol. The average Bonchev–Trinajstić information content (AvgIpc) is 2.27. The number of carbonyl (C=O) groups excluding carboxylic acids is 1. The molecule has 19 heavy (non-hydrogen) atoms. The summed E-state index contributed by atoms with van der Waals surface area (Å²) in [5.41, 5.74) is 0.293. The molecule has 4 nitrogen and oxygen atoms in total. The number of hydrogen-bond acceptors (Lipinski definition) is 3. The van der Waals surface area contributed by atoms with E-state index in [-0.39, 0.29) is 18.5 Å². The first-order chi connectivity index (χ1) is 8.78. The summed E-state index contributed by atoms with van der Waals surface area (Å²) in [6.07, 6.45) is 0. The van der Waals surface area contributed by atoms with Crippen LogP contribution in [0.2, 0.25) is 0 Å². The van der Waals surface area contributed by atoms with E-state index in [2.05, 4.69) is 5.32 Å². The molecule has 0 radical (unpaired) electrons. The second kappa shape index (κ2) is 6.68. The lowest BCUT2D eigenvalue weighted by Gasteiger charge is -2.25. The first-order valence-corrected chi connectivity index (χ1v) is 6.53. The Kier molecular flexibility index (Phi) is 5.51. The fourth-order valence-electron chi connectivity index (χ4n) is 2.07. The van der Waals surface area contributed by atoms with Crippen LogP contribution < -0.4 is 5.32 Å². The Morgan fingerprint density at radius 2 is 1.95 bits per heavy atom. The van der Waals surface area contributed by atoms with Crippen molar-refractivity contribution in [3.05, 3.63) is 35.9 Å². The molecule has 0 aliphatic rings. The lowest BCUT2D eigenvalue weighted by atomic mass is 10.1. The van der Waals surface area contributed by atoms with Crippen LogP contribution in [0, 0.1) is 0 Å². The van der Waals surface area contributed by atoms with E-state index in [4.69, 9.17) is 0 Å². The number of rotatable bonds is 6. The minimum atomic E-state index is -0.792. The van der Waals surface area contributed by atoms with Crippen molar-refractivity contribution in [3.8, 4) is 0 Å². The van der Waals surface area contributed by atoms with E-state index in [0.717, 1.165) is 5.56 Å². The van der Waals surface area contributed by atoms with Gasteiger partial charge in [-0.05, 0) is 33.4 Å². The predicted octanol–water partition coefficient (Wildman–Crippen LogP) is 1.57. The summed E-state index contributed by atoms with van der Waals surface area (Å²) in [6, 6.07) is 9.84. The molecule has 2 N–H and O–H groups in total. The quantitative estimate of drug-likeness (QED) is 0.820. The summed E-state index contributed by atoms with van der Waals surface area (Å²) in [7, 11) is 1.82. The van der Waals surface area contributed by atoms with E-state index in [1.165, 1.54) is 0 Å². The zero-order valence-corrected chi connectivity index (χ0v) is 12.2. The molecular formula is C15H24N2O2. The highest BCUT2D eigenvalue weighted by atomic mass is 16.3. The normalized spacial score (nSPS) is 13.4. The zero-order valence-electron chi connectivity index (χ0n) is 12.2. The fourth-order valence-corrected chi connectivity index (χ4v) is 2.07. The smallest absolute Gasteiger partial charge is 0.234 e. The van der Waals surface area contributed by atoms with Crippen LogP contribution in [0.4, 0.5) is 0 Å². The van der Waals surface area contributed by atoms with E-state index in [1.807, 2.05) is 49.2 Å². The van der Waals surface area contributed by atoms with Gasteiger partial charge in [0.25, 0.3) is 0 Å². The summed E-state index contributed by atoms with van der Waals surface area (Å²) in [5, 5.41) is 12.6. The number of hydrogen-bond donors (Lipinski definition) is 2. The Balaban J connectivity index is 2.43. The maximum atomic E-state index is 11.9. The molecule has 0 bridgehead atoms. The van der Waals surface area contributed by atoms with E-state index in [0.29, 0.717) is 6.54 Å². The van der Waals surface area contributed by atoms with Crippen LogP contribution in [-0.4, -0.2) is 41.7 Å². The topological polar surface area (TPSA) is 52.6 Å². The third-order valence-electron chi connectivity index (χ3n) is 2.75. The van der Waals surface area contributed by atoms with E-state index < -0.39 is 5.60 Å². The van der Waals surface area contributed by atoms with Crippen LogP contribution in [-0.2, 0) is 4.79 Å². The number of nitrogens with one attached hydrogen (secondary N) is 1. The second-order valence-corrected chi connectivity index (χ2v) is 5.68. The average molecular weight is 264 g/mol. The highest BCUT2D eigenvalue weighted by Gasteiger charge is 2.18. The monoisotopic (exact) mass is 264 g/mol. The number of likely N-dealkylation sites (N-methyl/N-ethyl adjacent to an activating group) is 1. The minimum Gasteiger partial charge on any atom is -0.389 e. The summed E-state index contributed by atoms with van der Waals surface area (Å²) in [5.74, 6) is -0.0388. The molecular weight excluding hydrogens is 240 g/mol. The van der Waals surface area contributed by atoms with Crippen molar-refractivity contribution in [3.63, 3.8) is 0 Å². The summed E-state index contributed by atoms with van der Waals surface area (Å²) in [4.78, 5) is 13.7. The molecule has 1 rings (SSSR count). The molecule has 4 heteroatoms. The van der Waals surface area contributed by atoms with Gasteiger partial charge in [-0.25, -0.2) is 0 Å². The van der Waals surface area contributed by atoms with Crippen molar-refractivity contribution in [1.82, 2.24) is 10.2 Å². The van der Waals surface area contributed by atoms with Crippen LogP contribution in [0.1, 0.15) is 32.4 Å². The van der Waals surface area contributed by atoms with Crippen molar-refractivity contribution in [2.45, 2.75) is 32.4 Å². The standard InChI is InChI=1S/C15H24N2O2/c1-12(13-8-6-5-7-9-13)16-14(18)10-17(4)11-15(2,3)19/h5-9,12,19H,10-11H2,1-4H3,(H,16,18). The summed E-state index contributed by atoms with van der Waals surface area (Å²) in [6.45, 7) is 6.16. The van der Waals surface area contributed by atoms with Crippen molar-refractivity contribution >= 4 is 5.91 Å². The number of aliphatic hydroxyl groups is 1. The molecule has 0 aliphatic heterocycles. The first kappa shape index (κ1) is 15.7. The van der Waals surface area contributed by atoms with Crippen LogP contribution in [0.5, 0.6) is 0 Å². The molecule has 0 fully saturated rings. The molecule has 0 heterocycles. The van der Waals surface area contributed by atoms with Gasteiger partial charge in [0.05, 0.1) is 18.2 Å². The molecule has 1 unspecified atom stereocenters. The van der Waals surface area contributed by atoms with Gasteiger partial charge in [-0.3, -0.25) is 9.69 Å². The molecule has 0 spiro atoms. The molecule has 1 amide bonds. The summed E-state index contributed by atoms with van der Waals surface area (Å²) >= 11 is 0. The Bertz CT molecular complexity index is 398. The number of nitrogens with zero attached hydrogens (tertiary/aromatic N) is 1. The molecule has 0 aliphatic carbocycles.